The van der Waals surface area contributed by atoms with Crippen LogP contribution in [-0.4, -0.2) is 11.8 Å². The standard InChI is InChI=1S/C21H22N2O3/c1-2-3-4-9-20(24)22-16-10-12-17(13-11-16)23-21(25)19-14-15-7-5-6-8-18(15)26-19/h5-8,10-14H,2-4,9H2,1H3,(H,22,24)(H,23,25). The summed E-state index contributed by atoms with van der Waals surface area (Å²) in [7, 11) is 0. The number of unbranched alkanes of at least 4 members (excludes halogenated alkanes) is 2. The molecule has 5 heteroatoms. The van der Waals surface area contributed by atoms with Crippen molar-refractivity contribution in [3.63, 3.8) is 0 Å². The quantitative estimate of drug-likeness (QED) is 0.575. The van der Waals surface area contributed by atoms with Crippen LogP contribution in [0.1, 0.15) is 43.2 Å². The van der Waals surface area contributed by atoms with Gasteiger partial charge >= 0.3 is 0 Å². The highest BCUT2D eigenvalue weighted by atomic mass is 16.3. The molecule has 26 heavy (non-hydrogen) atoms. The second kappa shape index (κ2) is 8.34. The summed E-state index contributed by atoms with van der Waals surface area (Å²) in [5.41, 5.74) is 2.03. The van der Waals surface area contributed by atoms with Crippen molar-refractivity contribution in [2.75, 3.05) is 10.6 Å². The van der Waals surface area contributed by atoms with E-state index in [-0.39, 0.29) is 17.6 Å². The summed E-state index contributed by atoms with van der Waals surface area (Å²) < 4.78 is 5.56. The molecule has 134 valence electrons. The topological polar surface area (TPSA) is 71.3 Å². The van der Waals surface area contributed by atoms with Crippen molar-refractivity contribution < 1.29 is 14.0 Å². The summed E-state index contributed by atoms with van der Waals surface area (Å²) >= 11 is 0. The Morgan fingerprint density at radius 3 is 2.31 bits per heavy atom. The van der Waals surface area contributed by atoms with Gasteiger partial charge in [0.2, 0.25) is 5.91 Å². The van der Waals surface area contributed by atoms with Gasteiger partial charge in [0.05, 0.1) is 0 Å². The first-order valence-corrected chi connectivity index (χ1v) is 8.85. The number of rotatable bonds is 7. The molecule has 0 fully saturated rings. The van der Waals surface area contributed by atoms with Crippen molar-refractivity contribution in [1.82, 2.24) is 0 Å². The lowest BCUT2D eigenvalue weighted by Crippen LogP contribution is -2.12. The summed E-state index contributed by atoms with van der Waals surface area (Å²) in [5, 5.41) is 6.54. The molecule has 0 unspecified atom stereocenters. The van der Waals surface area contributed by atoms with Crippen LogP contribution < -0.4 is 10.6 Å². The van der Waals surface area contributed by atoms with Gasteiger partial charge in [-0.15, -0.1) is 0 Å². The molecule has 3 aromatic rings. The van der Waals surface area contributed by atoms with E-state index in [2.05, 4.69) is 17.6 Å². The predicted molar refractivity (Wildman–Crippen MR) is 103 cm³/mol. The Labute approximate surface area is 152 Å². The second-order valence-electron chi connectivity index (χ2n) is 6.19. The maximum atomic E-state index is 12.3. The van der Waals surface area contributed by atoms with Crippen molar-refractivity contribution in [1.29, 1.82) is 0 Å². The molecule has 1 aromatic heterocycles. The third kappa shape index (κ3) is 4.51. The van der Waals surface area contributed by atoms with Crippen LogP contribution in [0.25, 0.3) is 11.0 Å². The van der Waals surface area contributed by atoms with Gasteiger partial charge < -0.3 is 15.1 Å². The van der Waals surface area contributed by atoms with E-state index in [4.69, 9.17) is 4.42 Å². The Hall–Kier alpha value is -3.08. The molecule has 0 aliphatic carbocycles. The fraction of sp³-hybridized carbons (Fsp3) is 0.238. The molecular weight excluding hydrogens is 328 g/mol. The van der Waals surface area contributed by atoms with Crippen LogP contribution in [0.2, 0.25) is 0 Å². The minimum atomic E-state index is -0.308. The van der Waals surface area contributed by atoms with Crippen LogP contribution in [0.3, 0.4) is 0 Å². The number of furan rings is 1. The molecule has 3 rings (SSSR count). The van der Waals surface area contributed by atoms with E-state index in [0.29, 0.717) is 23.4 Å². The minimum Gasteiger partial charge on any atom is -0.451 e. The van der Waals surface area contributed by atoms with Crippen LogP contribution in [0.15, 0.2) is 59.0 Å². The van der Waals surface area contributed by atoms with Gasteiger partial charge in [-0.3, -0.25) is 9.59 Å². The van der Waals surface area contributed by atoms with Gasteiger partial charge in [-0.25, -0.2) is 0 Å². The molecule has 0 saturated carbocycles. The van der Waals surface area contributed by atoms with Crippen LogP contribution in [0.5, 0.6) is 0 Å². The number of carbonyl (C=O) groups is 2. The highest BCUT2D eigenvalue weighted by Crippen LogP contribution is 2.20. The number of amides is 2. The lowest BCUT2D eigenvalue weighted by molar-refractivity contribution is -0.116. The normalized spacial score (nSPS) is 10.7. The number of anilines is 2. The summed E-state index contributed by atoms with van der Waals surface area (Å²) in [6, 6.07) is 16.2. The monoisotopic (exact) mass is 350 g/mol. The van der Waals surface area contributed by atoms with E-state index in [1.807, 2.05) is 24.3 Å². The van der Waals surface area contributed by atoms with Gasteiger partial charge in [-0.05, 0) is 42.8 Å². The summed E-state index contributed by atoms with van der Waals surface area (Å²) in [6.45, 7) is 2.11. The summed E-state index contributed by atoms with van der Waals surface area (Å²) in [6.07, 6.45) is 3.57. The van der Waals surface area contributed by atoms with Crippen molar-refractivity contribution in [3.05, 3.63) is 60.4 Å². The van der Waals surface area contributed by atoms with Gasteiger partial charge in [0, 0.05) is 23.2 Å². The SMILES string of the molecule is CCCCCC(=O)Nc1ccc(NC(=O)c2cc3ccccc3o2)cc1. The summed E-state index contributed by atoms with van der Waals surface area (Å²) in [5.74, 6) is -0.0328. The fourth-order valence-electron chi connectivity index (χ4n) is 2.68. The number of fused-ring (bicyclic) bond motifs is 1. The number of benzene rings is 2. The van der Waals surface area contributed by atoms with Crippen LogP contribution >= 0.6 is 0 Å². The lowest BCUT2D eigenvalue weighted by atomic mass is 10.2. The average Bonchev–Trinajstić information content (AvgIpc) is 3.08. The first-order valence-electron chi connectivity index (χ1n) is 8.85. The highest BCUT2D eigenvalue weighted by molar-refractivity contribution is 6.04. The van der Waals surface area contributed by atoms with Crippen LogP contribution in [0, 0.1) is 0 Å². The molecule has 0 bridgehead atoms. The molecule has 2 N–H and O–H groups in total. The van der Waals surface area contributed by atoms with Gasteiger partial charge in [0.25, 0.3) is 5.91 Å². The molecule has 0 atom stereocenters. The Kier molecular flexibility index (Phi) is 5.69. The molecule has 0 aliphatic heterocycles. The van der Waals surface area contributed by atoms with E-state index in [1.54, 1.807) is 30.3 Å². The van der Waals surface area contributed by atoms with E-state index in [1.165, 1.54) is 0 Å². The predicted octanol–water partition coefficient (Wildman–Crippen LogP) is 5.20. The van der Waals surface area contributed by atoms with Gasteiger partial charge in [0.15, 0.2) is 5.76 Å². The van der Waals surface area contributed by atoms with Crippen molar-refractivity contribution in [3.8, 4) is 0 Å². The largest absolute Gasteiger partial charge is 0.451 e. The third-order valence-electron chi connectivity index (χ3n) is 4.08. The maximum Gasteiger partial charge on any atom is 0.291 e. The number of para-hydroxylation sites is 1. The molecule has 2 aromatic carbocycles. The van der Waals surface area contributed by atoms with Gasteiger partial charge in [-0.2, -0.15) is 0 Å². The smallest absolute Gasteiger partial charge is 0.291 e. The van der Waals surface area contributed by atoms with E-state index < -0.39 is 0 Å². The summed E-state index contributed by atoms with van der Waals surface area (Å²) in [4.78, 5) is 24.1. The average molecular weight is 350 g/mol. The van der Waals surface area contributed by atoms with Gasteiger partial charge in [0.1, 0.15) is 5.58 Å². The molecule has 0 aliphatic rings. The molecular formula is C21H22N2O3. The molecule has 0 radical (unpaired) electrons. The zero-order valence-corrected chi connectivity index (χ0v) is 14.7. The zero-order chi connectivity index (χ0) is 18.4. The van der Waals surface area contributed by atoms with Crippen LogP contribution in [0.4, 0.5) is 11.4 Å². The van der Waals surface area contributed by atoms with E-state index >= 15 is 0 Å². The molecule has 5 nitrogen and oxygen atoms in total. The molecule has 0 spiro atoms. The second-order valence-corrected chi connectivity index (χ2v) is 6.19. The Morgan fingerprint density at radius 1 is 0.923 bits per heavy atom. The zero-order valence-electron chi connectivity index (χ0n) is 14.7. The highest BCUT2D eigenvalue weighted by Gasteiger charge is 2.12. The number of hydrogen-bond acceptors (Lipinski definition) is 3. The first kappa shape index (κ1) is 17.7. The Morgan fingerprint density at radius 2 is 1.62 bits per heavy atom. The maximum absolute atomic E-state index is 12.3. The lowest BCUT2D eigenvalue weighted by Gasteiger charge is -2.07. The van der Waals surface area contributed by atoms with E-state index in [9.17, 15) is 9.59 Å². The number of carbonyl (C=O) groups excluding carboxylic acids is 2. The number of hydrogen-bond donors (Lipinski definition) is 2. The molecule has 0 saturated heterocycles. The van der Waals surface area contributed by atoms with Crippen molar-refractivity contribution in [2.45, 2.75) is 32.6 Å². The van der Waals surface area contributed by atoms with Crippen molar-refractivity contribution in [2.24, 2.45) is 0 Å². The fourth-order valence-corrected chi connectivity index (χ4v) is 2.68. The van der Waals surface area contributed by atoms with Crippen molar-refractivity contribution >= 4 is 34.2 Å². The minimum absolute atomic E-state index is 0.0116. The van der Waals surface area contributed by atoms with Gasteiger partial charge in [-0.1, -0.05) is 38.0 Å². The Bertz CT molecular complexity index is 864. The molecule has 2 amide bonds. The first-order chi connectivity index (χ1) is 12.7. The number of nitrogens with one attached hydrogen (secondary N) is 2. The third-order valence-corrected chi connectivity index (χ3v) is 4.08. The van der Waals surface area contributed by atoms with Crippen LogP contribution in [-0.2, 0) is 4.79 Å². The van der Waals surface area contributed by atoms with E-state index in [0.717, 1.165) is 24.6 Å². The Balaban J connectivity index is 1.58. The molecule has 1 heterocycles.